The molecule has 25 heavy (non-hydrogen) atoms. The van der Waals surface area contributed by atoms with E-state index in [-0.39, 0.29) is 18.4 Å². The Kier molecular flexibility index (Phi) is 4.55. The fourth-order valence-electron chi connectivity index (χ4n) is 2.32. The van der Waals surface area contributed by atoms with Crippen molar-refractivity contribution >= 4 is 34.4 Å². The van der Waals surface area contributed by atoms with Crippen LogP contribution in [0, 0.1) is 0 Å². The third kappa shape index (κ3) is 3.71. The third-order valence-corrected chi connectivity index (χ3v) is 3.36. The first kappa shape index (κ1) is 16.4. The first-order valence-electron chi connectivity index (χ1n) is 7.44. The predicted octanol–water partition coefficient (Wildman–Crippen LogP) is 1.43. The van der Waals surface area contributed by atoms with Crippen LogP contribution in [0.4, 0.5) is 11.4 Å². The number of nitrogens with one attached hydrogen (secondary N) is 2. The molecule has 0 fully saturated rings. The maximum absolute atomic E-state index is 12.2. The Bertz CT molecular complexity index is 919. The highest BCUT2D eigenvalue weighted by atomic mass is 16.5. The lowest BCUT2D eigenvalue weighted by molar-refractivity contribution is -0.117. The molecule has 0 radical (unpaired) electrons. The number of ether oxygens (including phenoxy) is 1. The monoisotopic (exact) mass is 340 g/mol. The summed E-state index contributed by atoms with van der Waals surface area (Å²) in [5.74, 6) is -0.0249. The van der Waals surface area contributed by atoms with E-state index in [1.54, 1.807) is 28.8 Å². The molecule has 0 aliphatic rings. The first-order chi connectivity index (χ1) is 12.1. The molecule has 0 spiro atoms. The van der Waals surface area contributed by atoms with Crippen LogP contribution in [0.1, 0.15) is 6.92 Å². The van der Waals surface area contributed by atoms with Crippen LogP contribution in [0.3, 0.4) is 0 Å². The zero-order valence-electron chi connectivity index (χ0n) is 13.7. The van der Waals surface area contributed by atoms with E-state index in [1.807, 2.05) is 0 Å². The number of nitrogens with zero attached hydrogens (tertiary/aromatic N) is 4. The van der Waals surface area contributed by atoms with Crippen LogP contribution in [0.25, 0.3) is 11.2 Å². The predicted molar refractivity (Wildman–Crippen MR) is 91.3 cm³/mol. The van der Waals surface area contributed by atoms with Gasteiger partial charge in [0.15, 0.2) is 11.2 Å². The van der Waals surface area contributed by atoms with E-state index in [0.717, 1.165) is 0 Å². The number of benzene rings is 1. The molecule has 0 unspecified atom stereocenters. The Hall–Kier alpha value is -3.49. The van der Waals surface area contributed by atoms with Gasteiger partial charge in [0.2, 0.25) is 17.7 Å². The van der Waals surface area contributed by atoms with E-state index in [2.05, 4.69) is 25.6 Å². The van der Waals surface area contributed by atoms with Gasteiger partial charge >= 0.3 is 0 Å². The largest absolute Gasteiger partial charge is 0.479 e. The summed E-state index contributed by atoms with van der Waals surface area (Å²) in [5.41, 5.74) is 2.30. The van der Waals surface area contributed by atoms with Gasteiger partial charge in [-0.15, -0.1) is 0 Å². The van der Waals surface area contributed by atoms with Crippen molar-refractivity contribution < 1.29 is 14.3 Å². The maximum atomic E-state index is 12.2. The molecule has 3 rings (SSSR count). The Labute approximate surface area is 143 Å². The number of carbonyl (C=O) groups excluding carboxylic acids is 2. The number of hydrogen-bond acceptors (Lipinski definition) is 6. The molecule has 0 aliphatic heterocycles. The van der Waals surface area contributed by atoms with Gasteiger partial charge in [0.25, 0.3) is 0 Å². The van der Waals surface area contributed by atoms with Crippen molar-refractivity contribution in [3.05, 3.63) is 36.9 Å². The Morgan fingerprint density at radius 1 is 1.08 bits per heavy atom. The lowest BCUT2D eigenvalue weighted by Crippen LogP contribution is -2.18. The minimum Gasteiger partial charge on any atom is -0.479 e. The van der Waals surface area contributed by atoms with E-state index in [0.29, 0.717) is 28.4 Å². The lowest BCUT2D eigenvalue weighted by Gasteiger charge is -2.08. The van der Waals surface area contributed by atoms with Gasteiger partial charge < -0.3 is 19.9 Å². The first-order valence-corrected chi connectivity index (χ1v) is 7.44. The molecule has 3 aromatic rings. The molecule has 0 saturated heterocycles. The summed E-state index contributed by atoms with van der Waals surface area (Å²) in [6.45, 7) is 1.48. The quantitative estimate of drug-likeness (QED) is 0.727. The van der Waals surface area contributed by atoms with Crippen molar-refractivity contribution in [2.75, 3.05) is 17.7 Å². The molecule has 1 aromatic carbocycles. The number of carbonyl (C=O) groups is 2. The highest BCUT2D eigenvalue weighted by molar-refractivity contribution is 5.92. The number of methoxy groups -OCH3 is 1. The molecule has 128 valence electrons. The molecule has 2 aromatic heterocycles. The topological polar surface area (TPSA) is 111 Å². The minimum atomic E-state index is -0.232. The second-order valence-electron chi connectivity index (χ2n) is 5.23. The van der Waals surface area contributed by atoms with Crippen LogP contribution in [0.15, 0.2) is 36.9 Å². The van der Waals surface area contributed by atoms with E-state index in [4.69, 9.17) is 4.74 Å². The zero-order chi connectivity index (χ0) is 17.8. The van der Waals surface area contributed by atoms with Crippen LogP contribution in [0.2, 0.25) is 0 Å². The van der Waals surface area contributed by atoms with Crippen LogP contribution in [-0.4, -0.2) is 38.4 Å². The van der Waals surface area contributed by atoms with E-state index in [1.165, 1.54) is 26.7 Å². The Balaban J connectivity index is 1.69. The lowest BCUT2D eigenvalue weighted by atomic mass is 10.2. The van der Waals surface area contributed by atoms with Gasteiger partial charge in [-0.2, -0.15) is 4.98 Å². The number of imidazole rings is 1. The van der Waals surface area contributed by atoms with Gasteiger partial charge in [0, 0.05) is 18.3 Å². The second kappa shape index (κ2) is 6.95. The van der Waals surface area contributed by atoms with Gasteiger partial charge in [-0.05, 0) is 24.3 Å². The number of amides is 2. The van der Waals surface area contributed by atoms with E-state index in [9.17, 15) is 9.59 Å². The van der Waals surface area contributed by atoms with Gasteiger partial charge in [0.1, 0.15) is 12.9 Å². The second-order valence-corrected chi connectivity index (χ2v) is 5.23. The molecule has 9 nitrogen and oxygen atoms in total. The molecule has 0 aliphatic carbocycles. The van der Waals surface area contributed by atoms with Crippen molar-refractivity contribution in [3.8, 4) is 5.88 Å². The molecule has 2 heterocycles. The normalized spacial score (nSPS) is 10.5. The molecule has 2 N–H and O–H groups in total. The standard InChI is InChI=1S/C16H16N6O3/c1-10(23)20-11-3-5-12(6-4-11)21-13(24)7-22-9-19-14-15(22)17-8-18-16(14)25-2/h3-6,8-9H,7H2,1-2H3,(H,20,23)(H,21,24). The smallest absolute Gasteiger partial charge is 0.245 e. The van der Waals surface area contributed by atoms with E-state index >= 15 is 0 Å². The molecular formula is C16H16N6O3. The van der Waals surface area contributed by atoms with Crippen molar-refractivity contribution in [1.29, 1.82) is 0 Å². The van der Waals surface area contributed by atoms with Crippen LogP contribution >= 0.6 is 0 Å². The van der Waals surface area contributed by atoms with Crippen LogP contribution in [0.5, 0.6) is 5.88 Å². The number of hydrogen-bond donors (Lipinski definition) is 2. The molecule has 0 saturated carbocycles. The minimum absolute atomic E-state index is 0.0457. The van der Waals surface area contributed by atoms with Crippen molar-refractivity contribution in [2.45, 2.75) is 13.5 Å². The summed E-state index contributed by atoms with van der Waals surface area (Å²) in [4.78, 5) is 35.5. The Morgan fingerprint density at radius 3 is 2.40 bits per heavy atom. The SMILES string of the molecule is COc1ncnc2c1ncn2CC(=O)Nc1ccc(NC(C)=O)cc1. The summed E-state index contributed by atoms with van der Waals surface area (Å²) in [7, 11) is 1.50. The number of aromatic nitrogens is 4. The molecular weight excluding hydrogens is 324 g/mol. The molecule has 0 atom stereocenters. The van der Waals surface area contributed by atoms with E-state index < -0.39 is 0 Å². The van der Waals surface area contributed by atoms with Gasteiger partial charge in [0.05, 0.1) is 13.4 Å². The molecule has 9 heteroatoms. The van der Waals surface area contributed by atoms with Crippen molar-refractivity contribution in [2.24, 2.45) is 0 Å². The van der Waals surface area contributed by atoms with Crippen LogP contribution in [-0.2, 0) is 16.1 Å². The number of fused-ring (bicyclic) bond motifs is 1. The fraction of sp³-hybridized carbons (Fsp3) is 0.188. The highest BCUT2D eigenvalue weighted by Gasteiger charge is 2.12. The van der Waals surface area contributed by atoms with Gasteiger partial charge in [-0.3, -0.25) is 9.59 Å². The summed E-state index contributed by atoms with van der Waals surface area (Å²) < 4.78 is 6.73. The van der Waals surface area contributed by atoms with Gasteiger partial charge in [-0.1, -0.05) is 0 Å². The van der Waals surface area contributed by atoms with Crippen molar-refractivity contribution in [1.82, 2.24) is 19.5 Å². The van der Waals surface area contributed by atoms with Crippen LogP contribution < -0.4 is 15.4 Å². The fourth-order valence-corrected chi connectivity index (χ4v) is 2.32. The summed E-state index contributed by atoms with van der Waals surface area (Å²) in [6.07, 6.45) is 2.87. The molecule has 0 bridgehead atoms. The van der Waals surface area contributed by atoms with Gasteiger partial charge in [-0.25, -0.2) is 9.97 Å². The van der Waals surface area contributed by atoms with Crippen molar-refractivity contribution in [3.63, 3.8) is 0 Å². The highest BCUT2D eigenvalue weighted by Crippen LogP contribution is 2.19. The summed E-state index contributed by atoms with van der Waals surface area (Å²) >= 11 is 0. The number of anilines is 2. The maximum Gasteiger partial charge on any atom is 0.245 e. The average Bonchev–Trinajstić information content (AvgIpc) is 2.99. The summed E-state index contributed by atoms with van der Waals surface area (Å²) in [5, 5.41) is 5.44. The Morgan fingerprint density at radius 2 is 1.76 bits per heavy atom. The molecule has 2 amide bonds. The third-order valence-electron chi connectivity index (χ3n) is 3.36. The average molecular weight is 340 g/mol. The number of rotatable bonds is 5. The zero-order valence-corrected chi connectivity index (χ0v) is 13.7. The summed E-state index contributed by atoms with van der Waals surface area (Å²) in [6, 6.07) is 6.84.